The number of carbonyl (C=O) groups excluding carboxylic acids is 2. The van der Waals surface area contributed by atoms with Crippen molar-refractivity contribution in [3.63, 3.8) is 0 Å². The van der Waals surface area contributed by atoms with E-state index in [1.165, 1.54) is 186 Å². The lowest BCUT2D eigenvalue weighted by Crippen LogP contribution is -2.46. The van der Waals surface area contributed by atoms with Gasteiger partial charge in [0.2, 0.25) is 5.91 Å². The van der Waals surface area contributed by atoms with Gasteiger partial charge in [0.05, 0.1) is 25.2 Å². The van der Waals surface area contributed by atoms with Gasteiger partial charge in [-0.25, -0.2) is 0 Å². The number of rotatable bonds is 47. The van der Waals surface area contributed by atoms with E-state index in [9.17, 15) is 19.8 Å². The molecule has 6 heteroatoms. The highest BCUT2D eigenvalue weighted by Crippen LogP contribution is 2.18. The number of aliphatic hydroxyl groups excluding tert-OH is 2. The number of hydrogen-bond acceptors (Lipinski definition) is 5. The maximum atomic E-state index is 13.2. The molecular weight excluding hydrogens is 719 g/mol. The quantitative estimate of drug-likeness (QED) is 0.0323. The van der Waals surface area contributed by atoms with Crippen LogP contribution in [0.25, 0.3) is 0 Å². The van der Waals surface area contributed by atoms with Crippen molar-refractivity contribution in [3.8, 4) is 0 Å². The zero-order valence-electron chi connectivity index (χ0n) is 39.2. The summed E-state index contributed by atoms with van der Waals surface area (Å²) in [6.45, 7) is 6.48. The highest BCUT2D eigenvalue weighted by molar-refractivity contribution is 5.77. The Bertz CT molecular complexity index is 878. The van der Waals surface area contributed by atoms with Crippen LogP contribution in [0.5, 0.6) is 0 Å². The molecule has 0 saturated carbocycles. The minimum atomic E-state index is -0.782. The number of amides is 1. The molecule has 6 nitrogen and oxygen atoms in total. The summed E-state index contributed by atoms with van der Waals surface area (Å²) in [6, 6.07) is -0.696. The number of hydrogen-bond donors (Lipinski definition) is 3. The SMILES string of the molecule is CCCCC/C=C\CCCCCCCC(=O)OC(CCCCCCCCCCCCCCCC)CC(=O)NC(CO)C(O)CCCCCCCCCCCCCCC. The molecule has 0 aliphatic heterocycles. The summed E-state index contributed by atoms with van der Waals surface area (Å²) >= 11 is 0. The molecule has 0 bridgehead atoms. The first-order chi connectivity index (χ1) is 28.5. The highest BCUT2D eigenvalue weighted by Gasteiger charge is 2.24. The van der Waals surface area contributed by atoms with Crippen LogP contribution in [0.1, 0.15) is 284 Å². The zero-order chi connectivity index (χ0) is 42.4. The van der Waals surface area contributed by atoms with E-state index in [0.29, 0.717) is 19.3 Å². The highest BCUT2D eigenvalue weighted by atomic mass is 16.5. The molecule has 344 valence electrons. The van der Waals surface area contributed by atoms with Crippen LogP contribution >= 0.6 is 0 Å². The summed E-state index contributed by atoms with van der Waals surface area (Å²) < 4.78 is 5.93. The Morgan fingerprint density at radius 1 is 0.483 bits per heavy atom. The third-order valence-electron chi connectivity index (χ3n) is 12.1. The number of carbonyl (C=O) groups is 2. The third-order valence-corrected chi connectivity index (χ3v) is 12.1. The molecule has 0 aromatic heterocycles. The van der Waals surface area contributed by atoms with Gasteiger partial charge in [-0.2, -0.15) is 0 Å². The molecule has 0 heterocycles. The predicted molar refractivity (Wildman–Crippen MR) is 250 cm³/mol. The number of unbranched alkanes of at least 4 members (excludes halogenated alkanes) is 33. The third kappa shape index (κ3) is 41.3. The zero-order valence-corrected chi connectivity index (χ0v) is 39.2. The van der Waals surface area contributed by atoms with Gasteiger partial charge in [-0.05, 0) is 51.4 Å². The van der Waals surface area contributed by atoms with Crippen molar-refractivity contribution < 1.29 is 24.5 Å². The van der Waals surface area contributed by atoms with Crippen molar-refractivity contribution in [2.24, 2.45) is 0 Å². The van der Waals surface area contributed by atoms with Gasteiger partial charge < -0.3 is 20.3 Å². The van der Waals surface area contributed by atoms with E-state index in [4.69, 9.17) is 4.74 Å². The number of nitrogens with one attached hydrogen (secondary N) is 1. The standard InChI is InChI=1S/C52H101NO5/c1-4-7-10-13-16-19-22-25-27-28-31-34-37-40-43-48(58-52(57)45-42-39-36-33-30-24-21-18-15-12-9-6-3)46-51(56)53-49(47-54)50(55)44-41-38-35-32-29-26-23-20-17-14-11-8-5-2/h18,21,48-50,54-55H,4-17,19-20,22-47H2,1-3H3,(H,53,56)/b21-18-. The molecule has 0 saturated heterocycles. The van der Waals surface area contributed by atoms with E-state index in [-0.39, 0.29) is 24.9 Å². The van der Waals surface area contributed by atoms with Crippen LogP contribution in [0, 0.1) is 0 Å². The van der Waals surface area contributed by atoms with Gasteiger partial charge in [0.1, 0.15) is 6.10 Å². The summed E-state index contributed by atoms with van der Waals surface area (Å²) in [5, 5.41) is 23.8. The topological polar surface area (TPSA) is 95.9 Å². The molecule has 3 unspecified atom stereocenters. The first-order valence-electron chi connectivity index (χ1n) is 25.9. The molecule has 3 N–H and O–H groups in total. The minimum Gasteiger partial charge on any atom is -0.462 e. The molecule has 0 spiro atoms. The van der Waals surface area contributed by atoms with Crippen molar-refractivity contribution in [2.75, 3.05) is 6.61 Å². The fourth-order valence-corrected chi connectivity index (χ4v) is 8.13. The number of esters is 1. The Morgan fingerprint density at radius 2 is 0.828 bits per heavy atom. The Labute approximate surface area is 361 Å². The Kier molecular flexibility index (Phi) is 45.5. The minimum absolute atomic E-state index is 0.0815. The monoisotopic (exact) mass is 820 g/mol. The number of aliphatic hydroxyl groups is 2. The lowest BCUT2D eigenvalue weighted by atomic mass is 10.0. The van der Waals surface area contributed by atoms with Gasteiger partial charge in [-0.1, -0.05) is 232 Å². The summed E-state index contributed by atoms with van der Waals surface area (Å²) in [5.41, 5.74) is 0. The van der Waals surface area contributed by atoms with Crippen LogP contribution in [0.3, 0.4) is 0 Å². The van der Waals surface area contributed by atoms with Crippen molar-refractivity contribution in [1.82, 2.24) is 5.32 Å². The van der Waals surface area contributed by atoms with E-state index in [2.05, 4.69) is 38.2 Å². The van der Waals surface area contributed by atoms with E-state index in [1.54, 1.807) is 0 Å². The lowest BCUT2D eigenvalue weighted by Gasteiger charge is -2.24. The first-order valence-corrected chi connectivity index (χ1v) is 25.9. The van der Waals surface area contributed by atoms with Crippen molar-refractivity contribution in [3.05, 3.63) is 12.2 Å². The average Bonchev–Trinajstić information content (AvgIpc) is 3.22. The molecule has 0 rings (SSSR count). The molecule has 0 aliphatic rings. The molecule has 0 aromatic rings. The molecule has 0 radical (unpaired) electrons. The van der Waals surface area contributed by atoms with E-state index in [1.807, 2.05) is 0 Å². The van der Waals surface area contributed by atoms with Crippen molar-refractivity contribution >= 4 is 11.9 Å². The summed E-state index contributed by atoms with van der Waals surface area (Å²) in [7, 11) is 0. The van der Waals surface area contributed by atoms with E-state index < -0.39 is 18.2 Å². The summed E-state index contributed by atoms with van der Waals surface area (Å²) in [6.07, 6.45) is 51.2. The van der Waals surface area contributed by atoms with Crippen molar-refractivity contribution in [1.29, 1.82) is 0 Å². The van der Waals surface area contributed by atoms with Gasteiger partial charge >= 0.3 is 5.97 Å². The van der Waals surface area contributed by atoms with Gasteiger partial charge in [0.15, 0.2) is 0 Å². The Balaban J connectivity index is 4.54. The van der Waals surface area contributed by atoms with Gasteiger partial charge in [0, 0.05) is 6.42 Å². The lowest BCUT2D eigenvalue weighted by molar-refractivity contribution is -0.151. The number of allylic oxidation sites excluding steroid dienone is 2. The van der Waals surface area contributed by atoms with Gasteiger partial charge in [-0.3, -0.25) is 9.59 Å². The average molecular weight is 820 g/mol. The van der Waals surface area contributed by atoms with Crippen LogP contribution < -0.4 is 5.32 Å². The second-order valence-corrected chi connectivity index (χ2v) is 17.9. The summed E-state index contributed by atoms with van der Waals surface area (Å²) in [5.74, 6) is -0.467. The first kappa shape index (κ1) is 56.6. The fourth-order valence-electron chi connectivity index (χ4n) is 8.13. The Hall–Kier alpha value is -1.40. The van der Waals surface area contributed by atoms with Crippen LogP contribution in [-0.2, 0) is 14.3 Å². The maximum Gasteiger partial charge on any atom is 0.306 e. The molecule has 0 aromatic carbocycles. The van der Waals surface area contributed by atoms with Gasteiger partial charge in [-0.15, -0.1) is 0 Å². The second-order valence-electron chi connectivity index (χ2n) is 17.9. The van der Waals surface area contributed by atoms with Gasteiger partial charge in [0.25, 0.3) is 0 Å². The smallest absolute Gasteiger partial charge is 0.306 e. The molecular formula is C52H101NO5. The number of ether oxygens (including phenoxy) is 1. The Morgan fingerprint density at radius 3 is 1.26 bits per heavy atom. The van der Waals surface area contributed by atoms with Crippen LogP contribution in [-0.4, -0.2) is 46.9 Å². The summed E-state index contributed by atoms with van der Waals surface area (Å²) in [4.78, 5) is 26.1. The van der Waals surface area contributed by atoms with Crippen LogP contribution in [0.15, 0.2) is 12.2 Å². The molecule has 3 atom stereocenters. The van der Waals surface area contributed by atoms with Crippen molar-refractivity contribution in [2.45, 2.75) is 302 Å². The molecule has 0 aliphatic carbocycles. The second kappa shape index (κ2) is 46.7. The van der Waals surface area contributed by atoms with Crippen LogP contribution in [0.4, 0.5) is 0 Å². The van der Waals surface area contributed by atoms with E-state index in [0.717, 1.165) is 51.4 Å². The van der Waals surface area contributed by atoms with E-state index >= 15 is 0 Å². The predicted octanol–water partition coefficient (Wildman–Crippen LogP) is 15.3. The largest absolute Gasteiger partial charge is 0.462 e. The molecule has 58 heavy (non-hydrogen) atoms. The maximum absolute atomic E-state index is 13.2. The fraction of sp³-hybridized carbons (Fsp3) is 0.923. The molecule has 0 fully saturated rings. The van der Waals surface area contributed by atoms with Crippen LogP contribution in [0.2, 0.25) is 0 Å². The normalized spacial score (nSPS) is 13.3. The molecule has 1 amide bonds.